The summed E-state index contributed by atoms with van der Waals surface area (Å²) in [6, 6.07) is 0. The zero-order valence-electron chi connectivity index (χ0n) is 26.1. The summed E-state index contributed by atoms with van der Waals surface area (Å²) in [6.45, 7) is 10.3. The third-order valence-corrected chi connectivity index (χ3v) is 7.44. The number of ether oxygens (including phenoxy) is 4. The van der Waals surface area contributed by atoms with E-state index >= 15 is 0 Å². The smallest absolute Gasteiger partial charge is 0.330 e. The second kappa shape index (κ2) is 16.3. The van der Waals surface area contributed by atoms with Crippen LogP contribution in [0.1, 0.15) is 83.7 Å². The molecule has 1 saturated heterocycles. The lowest BCUT2D eigenvalue weighted by Gasteiger charge is -2.29. The maximum atomic E-state index is 12.5. The number of hydrogen-bond acceptors (Lipinski definition) is 10. The van der Waals surface area contributed by atoms with Crippen LogP contribution < -0.4 is 17.0 Å². The van der Waals surface area contributed by atoms with E-state index in [4.69, 9.17) is 24.7 Å². The van der Waals surface area contributed by atoms with Gasteiger partial charge in [-0.05, 0) is 57.9 Å². The molecule has 0 spiro atoms. The van der Waals surface area contributed by atoms with E-state index in [1.54, 1.807) is 0 Å². The lowest BCUT2D eigenvalue weighted by molar-refractivity contribution is -0.108. The molecule has 0 radical (unpaired) electrons. The van der Waals surface area contributed by atoms with Gasteiger partial charge in [-0.15, -0.1) is 5.10 Å². The Kier molecular flexibility index (Phi) is 13.1. The number of aliphatic hydroxyl groups excluding tert-OH is 1. The Morgan fingerprint density at radius 3 is 2.72 bits per heavy atom. The van der Waals surface area contributed by atoms with E-state index in [1.165, 1.54) is 17.9 Å². The Morgan fingerprint density at radius 2 is 2.00 bits per heavy atom. The molecule has 1 aliphatic heterocycles. The van der Waals surface area contributed by atoms with Gasteiger partial charge in [-0.2, -0.15) is 0 Å². The van der Waals surface area contributed by atoms with E-state index in [0.29, 0.717) is 26.0 Å². The molecule has 3 atom stereocenters. The van der Waals surface area contributed by atoms with Gasteiger partial charge in [0.2, 0.25) is 0 Å². The second-order valence-corrected chi connectivity index (χ2v) is 12.3. The molecule has 3 unspecified atom stereocenters. The summed E-state index contributed by atoms with van der Waals surface area (Å²) >= 11 is 0. The van der Waals surface area contributed by atoms with Crippen LogP contribution in [-0.4, -0.2) is 81.1 Å². The maximum absolute atomic E-state index is 12.5. The molecule has 2 aromatic rings. The van der Waals surface area contributed by atoms with Gasteiger partial charge in [-0.3, -0.25) is 19.0 Å². The van der Waals surface area contributed by atoms with Crippen LogP contribution in [0.25, 0.3) is 0 Å². The summed E-state index contributed by atoms with van der Waals surface area (Å²) in [6.07, 6.45) is 6.73. The van der Waals surface area contributed by atoms with E-state index < -0.39 is 29.7 Å². The number of aromatic amines is 1. The predicted octanol–water partition coefficient (Wildman–Crippen LogP) is 1.72. The molecule has 0 aliphatic carbocycles. The lowest BCUT2D eigenvalue weighted by atomic mass is 9.89. The highest BCUT2D eigenvalue weighted by atomic mass is 16.7. The summed E-state index contributed by atoms with van der Waals surface area (Å²) in [5.41, 5.74) is 5.40. The molecule has 3 heterocycles. The standard InChI is InChI=1S/C30H48N6O7/c1-29(2,13-15-42-30(3,4)12-14-31)20-35-18-23(33-34-35)11-9-7-6-8-10-22-17-36(28(39)32-27(22)38)26-16-24(41-21-40-5)25(19-37)43-26/h17-18,24-26,37H,6-7,9,11-16,19-21,31H2,1-5H3,(H,32,38,39). The molecule has 0 amide bonds. The van der Waals surface area contributed by atoms with Gasteiger partial charge in [-0.1, -0.05) is 30.9 Å². The highest BCUT2D eigenvalue weighted by Gasteiger charge is 2.37. The van der Waals surface area contributed by atoms with Crippen LogP contribution in [0.4, 0.5) is 0 Å². The largest absolute Gasteiger partial charge is 0.394 e. The molecule has 0 aromatic carbocycles. The minimum atomic E-state index is -0.704. The fourth-order valence-corrected chi connectivity index (χ4v) is 4.90. The van der Waals surface area contributed by atoms with Gasteiger partial charge in [0, 0.05) is 45.5 Å². The first kappa shape index (κ1) is 34.6. The zero-order chi connectivity index (χ0) is 31.5. The highest BCUT2D eigenvalue weighted by molar-refractivity contribution is 5.29. The van der Waals surface area contributed by atoms with Crippen molar-refractivity contribution in [2.45, 2.75) is 103 Å². The number of methoxy groups -OCH3 is 1. The monoisotopic (exact) mass is 604 g/mol. The fraction of sp³-hybridized carbons (Fsp3) is 0.733. The Bertz CT molecular complexity index is 1320. The van der Waals surface area contributed by atoms with Gasteiger partial charge in [-0.25, -0.2) is 4.79 Å². The van der Waals surface area contributed by atoms with E-state index in [0.717, 1.165) is 44.3 Å². The van der Waals surface area contributed by atoms with E-state index in [-0.39, 0.29) is 30.0 Å². The molecule has 1 fully saturated rings. The normalized spacial score (nSPS) is 19.0. The molecule has 2 aromatic heterocycles. The number of aliphatic hydroxyl groups is 1. The van der Waals surface area contributed by atoms with E-state index in [9.17, 15) is 14.7 Å². The minimum Gasteiger partial charge on any atom is -0.394 e. The molecule has 13 nitrogen and oxygen atoms in total. The van der Waals surface area contributed by atoms with E-state index in [2.05, 4.69) is 54.8 Å². The predicted molar refractivity (Wildman–Crippen MR) is 160 cm³/mol. The van der Waals surface area contributed by atoms with Gasteiger partial charge in [0.1, 0.15) is 24.7 Å². The van der Waals surface area contributed by atoms with Crippen molar-refractivity contribution in [1.29, 1.82) is 0 Å². The molecule has 0 bridgehead atoms. The molecule has 1 aliphatic rings. The van der Waals surface area contributed by atoms with Crippen molar-refractivity contribution in [1.82, 2.24) is 24.5 Å². The number of nitrogens with two attached hydrogens (primary N) is 1. The van der Waals surface area contributed by atoms with Gasteiger partial charge in [0.05, 0.1) is 24.0 Å². The summed E-state index contributed by atoms with van der Waals surface area (Å²) in [5, 5.41) is 18.2. The maximum Gasteiger partial charge on any atom is 0.330 e. The van der Waals surface area contributed by atoms with Crippen LogP contribution in [0.15, 0.2) is 22.0 Å². The molecule has 43 heavy (non-hydrogen) atoms. The number of unbranched alkanes of at least 4 members (excludes halogenated alkanes) is 2. The van der Waals surface area contributed by atoms with E-state index in [1.807, 2.05) is 10.9 Å². The topological polar surface area (TPSA) is 169 Å². The Hall–Kier alpha value is -2.86. The molecule has 13 heteroatoms. The molecule has 240 valence electrons. The lowest BCUT2D eigenvalue weighted by Crippen LogP contribution is -2.33. The molecule has 3 rings (SSSR count). The van der Waals surface area contributed by atoms with Gasteiger partial charge < -0.3 is 29.8 Å². The SMILES string of the molecule is COCOC1CC(n2cc(C#CCCCCc3cn(CC(C)(C)CCOC(C)(C)CCN)nn3)c(=O)[nH]c2=O)OC1CO. The van der Waals surface area contributed by atoms with Crippen LogP contribution in [0.3, 0.4) is 0 Å². The van der Waals surface area contributed by atoms with Crippen molar-refractivity contribution in [3.63, 3.8) is 0 Å². The van der Waals surface area contributed by atoms with Crippen LogP contribution in [0.2, 0.25) is 0 Å². The number of nitrogens with zero attached hydrogens (tertiary/aromatic N) is 4. The molecule has 0 saturated carbocycles. The third-order valence-electron chi connectivity index (χ3n) is 7.44. The summed E-state index contributed by atoms with van der Waals surface area (Å²) in [4.78, 5) is 27.1. The third kappa shape index (κ3) is 11.0. The molecular formula is C30H48N6O7. The summed E-state index contributed by atoms with van der Waals surface area (Å²) in [5.74, 6) is 5.91. The van der Waals surface area contributed by atoms with Gasteiger partial charge >= 0.3 is 5.69 Å². The Morgan fingerprint density at radius 1 is 1.21 bits per heavy atom. The number of aryl methyl sites for hydroxylation is 1. The number of nitrogens with one attached hydrogen (secondary N) is 1. The van der Waals surface area contributed by atoms with Crippen molar-refractivity contribution in [3.8, 4) is 11.8 Å². The van der Waals surface area contributed by atoms with Crippen LogP contribution in [0.5, 0.6) is 0 Å². The highest BCUT2D eigenvalue weighted by Crippen LogP contribution is 2.29. The molecule has 4 N–H and O–H groups in total. The Balaban J connectivity index is 1.46. The first-order valence-electron chi connectivity index (χ1n) is 14.9. The van der Waals surface area contributed by atoms with Crippen LogP contribution in [-0.2, 0) is 31.9 Å². The van der Waals surface area contributed by atoms with Gasteiger partial charge in [0.15, 0.2) is 0 Å². The number of rotatable bonds is 17. The average Bonchev–Trinajstić information content (AvgIpc) is 3.56. The second-order valence-electron chi connectivity index (χ2n) is 12.3. The van der Waals surface area contributed by atoms with Crippen molar-refractivity contribution in [2.75, 3.05) is 33.7 Å². The van der Waals surface area contributed by atoms with Crippen LogP contribution >= 0.6 is 0 Å². The van der Waals surface area contributed by atoms with Crippen molar-refractivity contribution >= 4 is 0 Å². The van der Waals surface area contributed by atoms with Crippen molar-refractivity contribution in [2.24, 2.45) is 11.1 Å². The first-order chi connectivity index (χ1) is 20.5. The number of H-pyrrole nitrogens is 1. The first-order valence-corrected chi connectivity index (χ1v) is 14.9. The van der Waals surface area contributed by atoms with Crippen LogP contribution in [0, 0.1) is 17.3 Å². The van der Waals surface area contributed by atoms with Gasteiger partial charge in [0.25, 0.3) is 5.56 Å². The van der Waals surface area contributed by atoms with Crippen molar-refractivity contribution < 1.29 is 24.1 Å². The summed E-state index contributed by atoms with van der Waals surface area (Å²) in [7, 11) is 1.50. The quantitative estimate of drug-likeness (QED) is 0.137. The minimum absolute atomic E-state index is 0.00354. The summed E-state index contributed by atoms with van der Waals surface area (Å²) < 4.78 is 25.5. The number of hydrogen-bond donors (Lipinski definition) is 3. The molecular weight excluding hydrogens is 556 g/mol. The Labute approximate surface area is 253 Å². The zero-order valence-corrected chi connectivity index (χ0v) is 26.1. The number of aromatic nitrogens is 5. The fourth-order valence-electron chi connectivity index (χ4n) is 4.90. The van der Waals surface area contributed by atoms with Crippen molar-refractivity contribution in [3.05, 3.63) is 44.5 Å². The average molecular weight is 605 g/mol.